The number of Topliss-reactive ketones (excluding diaryl/α,β-unsaturated/α-hetero) is 1. The number of fused-ring (bicyclic) bond motifs is 1. The van der Waals surface area contributed by atoms with Crippen molar-refractivity contribution < 1.29 is 24.2 Å². The second kappa shape index (κ2) is 8.77. The lowest BCUT2D eigenvalue weighted by Gasteiger charge is -2.28. The van der Waals surface area contributed by atoms with E-state index < -0.39 is 17.7 Å². The lowest BCUT2D eigenvalue weighted by Crippen LogP contribution is -2.38. The van der Waals surface area contributed by atoms with E-state index in [0.717, 1.165) is 13.1 Å². The molecule has 4 rings (SSSR count). The minimum Gasteiger partial charge on any atom is -0.507 e. The summed E-state index contributed by atoms with van der Waals surface area (Å²) in [7, 11) is 0. The first kappa shape index (κ1) is 20.9. The van der Waals surface area contributed by atoms with Crippen molar-refractivity contribution in [3.05, 3.63) is 59.4 Å². The predicted molar refractivity (Wildman–Crippen MR) is 114 cm³/mol. The van der Waals surface area contributed by atoms with Gasteiger partial charge in [0.2, 0.25) is 6.79 Å². The van der Waals surface area contributed by atoms with Crippen LogP contribution in [0.25, 0.3) is 5.76 Å². The molecular weight excluding hydrogens is 398 g/mol. The van der Waals surface area contributed by atoms with Crippen LogP contribution in [-0.4, -0.2) is 64.6 Å². The van der Waals surface area contributed by atoms with Crippen molar-refractivity contribution in [2.75, 3.05) is 33.0 Å². The van der Waals surface area contributed by atoms with E-state index in [2.05, 4.69) is 23.7 Å². The SMILES string of the molecule is CCN(CC)CCN1C(=O)C(=O)/C(=C(\O)c2ccc3c(c2)OCO3)C1c1cccnc1. The Balaban J connectivity index is 1.77. The van der Waals surface area contributed by atoms with Crippen molar-refractivity contribution in [1.82, 2.24) is 14.8 Å². The summed E-state index contributed by atoms with van der Waals surface area (Å²) in [5.74, 6) is -0.513. The molecule has 0 saturated carbocycles. The van der Waals surface area contributed by atoms with Crippen molar-refractivity contribution in [2.45, 2.75) is 19.9 Å². The Morgan fingerprint density at radius 3 is 2.68 bits per heavy atom. The minimum atomic E-state index is -0.713. The Hall–Kier alpha value is -3.39. The van der Waals surface area contributed by atoms with Crippen LogP contribution in [0.4, 0.5) is 0 Å². The van der Waals surface area contributed by atoms with E-state index in [4.69, 9.17) is 9.47 Å². The van der Waals surface area contributed by atoms with Gasteiger partial charge in [-0.05, 0) is 42.9 Å². The molecule has 0 spiro atoms. The summed E-state index contributed by atoms with van der Waals surface area (Å²) in [6.07, 6.45) is 3.25. The van der Waals surface area contributed by atoms with Gasteiger partial charge < -0.3 is 24.4 Å². The molecule has 0 radical (unpaired) electrons. The molecule has 3 heterocycles. The molecule has 8 nitrogen and oxygen atoms in total. The number of hydrogen-bond acceptors (Lipinski definition) is 7. The molecular formula is C23H25N3O5. The van der Waals surface area contributed by atoms with E-state index in [1.54, 1.807) is 42.7 Å². The largest absolute Gasteiger partial charge is 0.507 e. The molecule has 31 heavy (non-hydrogen) atoms. The number of aliphatic hydroxyl groups is 1. The van der Waals surface area contributed by atoms with Crippen LogP contribution in [0.1, 0.15) is 31.0 Å². The maximum atomic E-state index is 13.0. The number of benzene rings is 1. The third-order valence-corrected chi connectivity index (χ3v) is 5.74. The topological polar surface area (TPSA) is 92.2 Å². The van der Waals surface area contributed by atoms with Crippen molar-refractivity contribution in [3.8, 4) is 11.5 Å². The van der Waals surface area contributed by atoms with Crippen molar-refractivity contribution in [2.24, 2.45) is 0 Å². The third-order valence-electron chi connectivity index (χ3n) is 5.74. The number of amides is 1. The second-order valence-electron chi connectivity index (χ2n) is 7.37. The highest BCUT2D eigenvalue weighted by Gasteiger charge is 2.46. The molecule has 1 unspecified atom stereocenters. The molecule has 0 bridgehead atoms. The number of pyridine rings is 1. The first-order valence-electron chi connectivity index (χ1n) is 10.4. The number of rotatable bonds is 7. The zero-order valence-corrected chi connectivity index (χ0v) is 17.6. The number of carbonyl (C=O) groups is 2. The molecule has 2 aliphatic heterocycles. The Morgan fingerprint density at radius 1 is 1.19 bits per heavy atom. The Kier molecular flexibility index (Phi) is 5.90. The number of hydrogen-bond donors (Lipinski definition) is 1. The third kappa shape index (κ3) is 3.86. The summed E-state index contributed by atoms with van der Waals surface area (Å²) in [6.45, 7) is 6.88. The second-order valence-corrected chi connectivity index (χ2v) is 7.37. The van der Waals surface area contributed by atoms with E-state index >= 15 is 0 Å². The van der Waals surface area contributed by atoms with Crippen molar-refractivity contribution in [3.63, 3.8) is 0 Å². The van der Waals surface area contributed by atoms with Gasteiger partial charge in [-0.3, -0.25) is 14.6 Å². The molecule has 8 heteroatoms. The number of carbonyl (C=O) groups excluding carboxylic acids is 2. The number of aliphatic hydroxyl groups excluding tert-OH is 1. The van der Waals surface area contributed by atoms with Gasteiger partial charge in [0.05, 0.1) is 11.6 Å². The first-order chi connectivity index (χ1) is 15.0. The van der Waals surface area contributed by atoms with E-state index in [1.807, 2.05) is 0 Å². The van der Waals surface area contributed by atoms with Crippen LogP contribution in [0, 0.1) is 0 Å². The van der Waals surface area contributed by atoms with Crippen molar-refractivity contribution >= 4 is 17.4 Å². The van der Waals surface area contributed by atoms with Gasteiger partial charge in [-0.15, -0.1) is 0 Å². The van der Waals surface area contributed by atoms with Gasteiger partial charge in [0.1, 0.15) is 5.76 Å². The van der Waals surface area contributed by atoms with Crippen LogP contribution in [0.5, 0.6) is 11.5 Å². The van der Waals surface area contributed by atoms with Gasteiger partial charge in [0.25, 0.3) is 11.7 Å². The van der Waals surface area contributed by atoms with Crippen LogP contribution in [0.3, 0.4) is 0 Å². The molecule has 1 saturated heterocycles. The number of ether oxygens (including phenoxy) is 2. The Labute approximate surface area is 180 Å². The average Bonchev–Trinajstić information content (AvgIpc) is 3.37. The smallest absolute Gasteiger partial charge is 0.295 e. The fourth-order valence-corrected chi connectivity index (χ4v) is 3.98. The molecule has 1 aromatic heterocycles. The molecule has 2 aliphatic rings. The van der Waals surface area contributed by atoms with E-state index in [0.29, 0.717) is 35.7 Å². The number of nitrogens with zero attached hydrogens (tertiary/aromatic N) is 3. The Morgan fingerprint density at radius 2 is 1.97 bits per heavy atom. The number of aromatic nitrogens is 1. The predicted octanol–water partition coefficient (Wildman–Crippen LogP) is 2.57. The zero-order chi connectivity index (χ0) is 22.0. The summed E-state index contributed by atoms with van der Waals surface area (Å²) < 4.78 is 10.7. The van der Waals surface area contributed by atoms with Crippen LogP contribution in [0.2, 0.25) is 0 Å². The normalized spacial score (nSPS) is 19.5. The molecule has 1 fully saturated rings. The summed E-state index contributed by atoms with van der Waals surface area (Å²) >= 11 is 0. The molecule has 162 valence electrons. The lowest BCUT2D eigenvalue weighted by molar-refractivity contribution is -0.140. The fraction of sp³-hybridized carbons (Fsp3) is 0.348. The molecule has 2 aromatic rings. The summed E-state index contributed by atoms with van der Waals surface area (Å²) in [5, 5.41) is 11.1. The Bertz CT molecular complexity index is 1020. The summed E-state index contributed by atoms with van der Waals surface area (Å²) in [5.41, 5.74) is 1.11. The number of likely N-dealkylation sites (N-methyl/N-ethyl adjacent to an activating group) is 1. The quantitative estimate of drug-likeness (QED) is 0.416. The van der Waals surface area contributed by atoms with Crippen LogP contribution in [0.15, 0.2) is 48.3 Å². The maximum Gasteiger partial charge on any atom is 0.295 e. The minimum absolute atomic E-state index is 0.0522. The molecule has 1 N–H and O–H groups in total. The van der Waals surface area contributed by atoms with Crippen molar-refractivity contribution in [1.29, 1.82) is 0 Å². The zero-order valence-electron chi connectivity index (χ0n) is 17.6. The monoisotopic (exact) mass is 423 g/mol. The molecule has 1 atom stereocenters. The van der Waals surface area contributed by atoms with E-state index in [9.17, 15) is 14.7 Å². The standard InChI is InChI=1S/C23H25N3O5/c1-3-25(4-2)10-11-26-20(16-6-5-9-24-13-16)19(22(28)23(26)29)21(27)15-7-8-17-18(12-15)31-14-30-17/h5-9,12-13,20,27H,3-4,10-11,14H2,1-2H3/b21-19-. The number of ketones is 1. The average molecular weight is 423 g/mol. The van der Waals surface area contributed by atoms with Gasteiger partial charge in [0, 0.05) is 31.0 Å². The van der Waals surface area contributed by atoms with Gasteiger partial charge in [-0.1, -0.05) is 19.9 Å². The van der Waals surface area contributed by atoms with Gasteiger partial charge >= 0.3 is 0 Å². The molecule has 1 amide bonds. The van der Waals surface area contributed by atoms with E-state index in [-0.39, 0.29) is 18.1 Å². The van der Waals surface area contributed by atoms with Crippen LogP contribution >= 0.6 is 0 Å². The maximum absolute atomic E-state index is 13.0. The molecule has 0 aliphatic carbocycles. The van der Waals surface area contributed by atoms with Gasteiger partial charge in [0.15, 0.2) is 11.5 Å². The highest BCUT2D eigenvalue weighted by molar-refractivity contribution is 6.46. The molecule has 1 aromatic carbocycles. The van der Waals surface area contributed by atoms with Gasteiger partial charge in [-0.25, -0.2) is 0 Å². The summed E-state index contributed by atoms with van der Waals surface area (Å²) in [6, 6.07) is 7.77. The summed E-state index contributed by atoms with van der Waals surface area (Å²) in [4.78, 5) is 33.8. The van der Waals surface area contributed by atoms with Crippen LogP contribution in [-0.2, 0) is 9.59 Å². The lowest BCUT2D eigenvalue weighted by atomic mass is 9.96. The van der Waals surface area contributed by atoms with E-state index in [1.165, 1.54) is 4.90 Å². The number of likely N-dealkylation sites (tertiary alicyclic amines) is 1. The fourth-order valence-electron chi connectivity index (χ4n) is 3.98. The highest BCUT2D eigenvalue weighted by atomic mass is 16.7. The highest BCUT2D eigenvalue weighted by Crippen LogP contribution is 2.41. The van der Waals surface area contributed by atoms with Crippen LogP contribution < -0.4 is 9.47 Å². The van der Waals surface area contributed by atoms with Gasteiger partial charge in [-0.2, -0.15) is 0 Å². The first-order valence-corrected chi connectivity index (χ1v) is 10.4.